The number of alkyl halides is 3. The van der Waals surface area contributed by atoms with Crippen LogP contribution in [-0.2, 0) is 11.0 Å². The summed E-state index contributed by atoms with van der Waals surface area (Å²) < 4.78 is 38.9. The first-order chi connectivity index (χ1) is 11.2. The molecular formula is C14H13F3N4O2S. The largest absolute Gasteiger partial charge is 0.417 e. The Morgan fingerprint density at radius 3 is 2.67 bits per heavy atom. The highest BCUT2D eigenvalue weighted by molar-refractivity contribution is 8.00. The molecule has 2 N–H and O–H groups in total. The number of urea groups is 1. The fourth-order valence-corrected chi connectivity index (χ4v) is 2.67. The second-order valence-electron chi connectivity index (χ2n) is 5.19. The number of hydrogen-bond donors (Lipinski definition) is 2. The predicted octanol–water partition coefficient (Wildman–Crippen LogP) is 2.36. The van der Waals surface area contributed by atoms with Gasteiger partial charge in [-0.15, -0.1) is 0 Å². The lowest BCUT2D eigenvalue weighted by atomic mass is 10.1. The highest BCUT2D eigenvalue weighted by Crippen LogP contribution is 2.35. The van der Waals surface area contributed by atoms with Gasteiger partial charge >= 0.3 is 12.2 Å². The van der Waals surface area contributed by atoms with Crippen molar-refractivity contribution in [2.75, 3.05) is 5.75 Å². The normalized spacial score (nSPS) is 14.0. The summed E-state index contributed by atoms with van der Waals surface area (Å²) in [6.07, 6.45) is -2.98. The van der Waals surface area contributed by atoms with Crippen molar-refractivity contribution in [1.29, 1.82) is 5.26 Å². The number of carbonyl (C=O) groups is 2. The quantitative estimate of drug-likeness (QED) is 0.806. The first kappa shape index (κ1) is 18.1. The Morgan fingerprint density at radius 2 is 2.12 bits per heavy atom. The number of nitriles is 1. The van der Waals surface area contributed by atoms with Crippen molar-refractivity contribution in [2.45, 2.75) is 37.0 Å². The summed E-state index contributed by atoms with van der Waals surface area (Å²) in [5.74, 6) is -1.01. The molecule has 0 saturated heterocycles. The van der Waals surface area contributed by atoms with Crippen molar-refractivity contribution < 1.29 is 22.8 Å². The minimum absolute atomic E-state index is 0.0726. The van der Waals surface area contributed by atoms with Crippen LogP contribution in [0.15, 0.2) is 11.1 Å². The number of hydrogen-bond acceptors (Lipinski definition) is 5. The van der Waals surface area contributed by atoms with E-state index >= 15 is 0 Å². The van der Waals surface area contributed by atoms with Crippen LogP contribution in [0.25, 0.3) is 0 Å². The van der Waals surface area contributed by atoms with E-state index in [1.54, 1.807) is 0 Å². The molecule has 0 unspecified atom stereocenters. The lowest BCUT2D eigenvalue weighted by Crippen LogP contribution is -2.41. The van der Waals surface area contributed by atoms with Crippen LogP contribution in [0, 0.1) is 18.3 Å². The van der Waals surface area contributed by atoms with Crippen molar-refractivity contribution in [2.24, 2.45) is 0 Å². The zero-order valence-electron chi connectivity index (χ0n) is 12.5. The maximum atomic E-state index is 13.0. The van der Waals surface area contributed by atoms with Crippen LogP contribution in [0.1, 0.15) is 29.7 Å². The molecule has 1 aliphatic carbocycles. The highest BCUT2D eigenvalue weighted by atomic mass is 32.2. The van der Waals surface area contributed by atoms with Gasteiger partial charge in [0.25, 0.3) is 0 Å². The monoisotopic (exact) mass is 358 g/mol. The number of carbonyl (C=O) groups excluding carboxylic acids is 2. The van der Waals surface area contributed by atoms with Crippen molar-refractivity contribution in [3.05, 3.63) is 22.9 Å². The number of nitrogens with one attached hydrogen (secondary N) is 2. The molecule has 24 heavy (non-hydrogen) atoms. The van der Waals surface area contributed by atoms with E-state index in [1.165, 1.54) is 13.0 Å². The van der Waals surface area contributed by atoms with Crippen LogP contribution in [0.3, 0.4) is 0 Å². The minimum Gasteiger partial charge on any atom is -0.335 e. The average molecular weight is 358 g/mol. The zero-order valence-corrected chi connectivity index (χ0v) is 13.3. The van der Waals surface area contributed by atoms with Gasteiger partial charge in [0, 0.05) is 11.7 Å². The van der Waals surface area contributed by atoms with Gasteiger partial charge in [-0.2, -0.15) is 18.4 Å². The second kappa shape index (κ2) is 7.09. The Kier molecular flexibility index (Phi) is 5.33. The van der Waals surface area contributed by atoms with Gasteiger partial charge < -0.3 is 5.32 Å². The second-order valence-corrected chi connectivity index (χ2v) is 6.15. The molecule has 1 aromatic heterocycles. The first-order valence-corrected chi connectivity index (χ1v) is 7.91. The molecule has 0 bridgehead atoms. The third-order valence-electron chi connectivity index (χ3n) is 3.04. The highest BCUT2D eigenvalue weighted by Gasteiger charge is 2.35. The Morgan fingerprint density at radius 1 is 1.46 bits per heavy atom. The Balaban J connectivity index is 2.06. The molecule has 1 saturated carbocycles. The summed E-state index contributed by atoms with van der Waals surface area (Å²) in [6, 6.07) is 1.70. The molecule has 1 fully saturated rings. The topological polar surface area (TPSA) is 94.9 Å². The number of halogens is 3. The Bertz CT molecular complexity index is 711. The molecule has 3 amide bonds. The van der Waals surface area contributed by atoms with Crippen LogP contribution in [0.5, 0.6) is 0 Å². The van der Waals surface area contributed by atoms with E-state index in [2.05, 4.69) is 15.6 Å². The molecule has 1 aliphatic rings. The molecule has 0 atom stereocenters. The summed E-state index contributed by atoms with van der Waals surface area (Å²) in [5, 5.41) is 13.4. The maximum absolute atomic E-state index is 13.0. The van der Waals surface area contributed by atoms with Crippen LogP contribution < -0.4 is 10.6 Å². The SMILES string of the molecule is Cc1cc(C(F)(F)F)c(C#N)c(SCC(=O)NC(=O)NC2CC2)n1. The van der Waals surface area contributed by atoms with Crippen LogP contribution in [-0.4, -0.2) is 28.7 Å². The number of aryl methyl sites for hydroxylation is 1. The summed E-state index contributed by atoms with van der Waals surface area (Å²) in [7, 11) is 0. The van der Waals surface area contributed by atoms with Crippen LogP contribution in [0.4, 0.5) is 18.0 Å². The van der Waals surface area contributed by atoms with Crippen LogP contribution >= 0.6 is 11.8 Å². The first-order valence-electron chi connectivity index (χ1n) is 6.92. The molecule has 10 heteroatoms. The number of imide groups is 1. The van der Waals surface area contributed by atoms with E-state index in [0.29, 0.717) is 11.8 Å². The number of amides is 3. The molecular weight excluding hydrogens is 345 g/mol. The zero-order chi connectivity index (χ0) is 17.9. The van der Waals surface area contributed by atoms with Gasteiger partial charge in [-0.3, -0.25) is 10.1 Å². The molecule has 6 nitrogen and oxygen atoms in total. The third-order valence-corrected chi connectivity index (χ3v) is 4.01. The van der Waals surface area contributed by atoms with E-state index in [0.717, 1.165) is 18.9 Å². The van der Waals surface area contributed by atoms with E-state index in [9.17, 15) is 22.8 Å². The Labute approximate surface area is 139 Å². The fourth-order valence-electron chi connectivity index (χ4n) is 1.83. The number of rotatable bonds is 4. The summed E-state index contributed by atoms with van der Waals surface area (Å²) in [6.45, 7) is 1.36. The van der Waals surface area contributed by atoms with Crippen molar-refractivity contribution in [3.8, 4) is 6.07 Å². The molecule has 0 aliphatic heterocycles. The van der Waals surface area contributed by atoms with E-state index in [4.69, 9.17) is 5.26 Å². The standard InChI is InChI=1S/C14H13F3N4O2S/c1-7-4-10(14(15,16)17)9(5-18)12(19-7)24-6-11(22)21-13(23)20-8-2-3-8/h4,8H,2-3,6H2,1H3,(H2,20,21,22,23). The number of nitrogens with zero attached hydrogens (tertiary/aromatic N) is 2. The number of thioether (sulfide) groups is 1. The number of pyridine rings is 1. The summed E-state index contributed by atoms with van der Waals surface area (Å²) >= 11 is 0.675. The van der Waals surface area contributed by atoms with Gasteiger partial charge in [-0.25, -0.2) is 9.78 Å². The van der Waals surface area contributed by atoms with E-state index < -0.39 is 29.2 Å². The van der Waals surface area contributed by atoms with Gasteiger partial charge in [0.2, 0.25) is 5.91 Å². The molecule has 2 rings (SSSR count). The van der Waals surface area contributed by atoms with Gasteiger partial charge in [0.05, 0.1) is 16.9 Å². The van der Waals surface area contributed by atoms with Crippen molar-refractivity contribution in [1.82, 2.24) is 15.6 Å². The van der Waals surface area contributed by atoms with Gasteiger partial charge in [0.15, 0.2) is 0 Å². The number of aromatic nitrogens is 1. The molecule has 0 aromatic carbocycles. The van der Waals surface area contributed by atoms with Crippen LogP contribution in [0.2, 0.25) is 0 Å². The molecule has 128 valence electrons. The van der Waals surface area contributed by atoms with Crippen molar-refractivity contribution in [3.63, 3.8) is 0 Å². The molecule has 1 aromatic rings. The average Bonchev–Trinajstić information content (AvgIpc) is 3.27. The van der Waals surface area contributed by atoms with E-state index in [-0.39, 0.29) is 22.5 Å². The third kappa shape index (κ3) is 4.86. The molecule has 0 spiro atoms. The fraction of sp³-hybridized carbons (Fsp3) is 0.429. The maximum Gasteiger partial charge on any atom is 0.417 e. The van der Waals surface area contributed by atoms with Gasteiger partial charge in [-0.05, 0) is 25.8 Å². The lowest BCUT2D eigenvalue weighted by Gasteiger charge is -2.12. The van der Waals surface area contributed by atoms with Gasteiger partial charge in [0.1, 0.15) is 11.1 Å². The Hall–Kier alpha value is -2.28. The minimum atomic E-state index is -4.69. The molecule has 0 radical (unpaired) electrons. The van der Waals surface area contributed by atoms with E-state index in [1.807, 2.05) is 0 Å². The summed E-state index contributed by atoms with van der Waals surface area (Å²) in [5.41, 5.74) is -1.64. The lowest BCUT2D eigenvalue weighted by molar-refractivity contribution is -0.138. The molecule has 1 heterocycles. The smallest absolute Gasteiger partial charge is 0.335 e. The summed E-state index contributed by atoms with van der Waals surface area (Å²) in [4.78, 5) is 27.0. The predicted molar refractivity (Wildman–Crippen MR) is 79.1 cm³/mol. The van der Waals surface area contributed by atoms with Gasteiger partial charge in [-0.1, -0.05) is 11.8 Å². The van der Waals surface area contributed by atoms with Crippen molar-refractivity contribution >= 4 is 23.7 Å².